The van der Waals surface area contributed by atoms with Gasteiger partial charge < -0.3 is 9.84 Å². The smallest absolute Gasteiger partial charge is 0.330 e. The third-order valence-electron chi connectivity index (χ3n) is 5.20. The molecule has 3 heteroatoms. The van der Waals surface area contributed by atoms with Gasteiger partial charge in [-0.05, 0) is 48.9 Å². The maximum absolute atomic E-state index is 11.5. The van der Waals surface area contributed by atoms with Crippen molar-refractivity contribution in [3.8, 4) is 0 Å². The molecule has 1 N–H and O–H groups in total. The number of aliphatic hydroxyl groups is 1. The molecular formula is C15H22O3. The molecule has 3 unspecified atom stereocenters. The SMILES string of the molecule is C=CC(=O)OC1C2CC3(C)CC(C)(C2)CC1(O)C3. The van der Waals surface area contributed by atoms with Gasteiger partial charge in [0.15, 0.2) is 0 Å². The van der Waals surface area contributed by atoms with E-state index in [1.165, 1.54) is 12.5 Å². The van der Waals surface area contributed by atoms with Crippen LogP contribution in [0.2, 0.25) is 0 Å². The second-order valence-corrected chi connectivity index (χ2v) is 7.49. The van der Waals surface area contributed by atoms with Crippen LogP contribution in [-0.4, -0.2) is 22.8 Å². The van der Waals surface area contributed by atoms with Crippen molar-refractivity contribution in [3.05, 3.63) is 12.7 Å². The maximum atomic E-state index is 11.5. The third kappa shape index (κ3) is 1.63. The molecule has 0 aromatic rings. The van der Waals surface area contributed by atoms with Gasteiger partial charge in [0.1, 0.15) is 11.7 Å². The van der Waals surface area contributed by atoms with Crippen molar-refractivity contribution in [1.29, 1.82) is 0 Å². The van der Waals surface area contributed by atoms with Crippen molar-refractivity contribution in [1.82, 2.24) is 0 Å². The second kappa shape index (κ2) is 3.38. The first-order chi connectivity index (χ1) is 8.28. The molecule has 4 bridgehead atoms. The summed E-state index contributed by atoms with van der Waals surface area (Å²) in [5, 5.41) is 10.9. The fourth-order valence-corrected chi connectivity index (χ4v) is 5.56. The average molecular weight is 250 g/mol. The lowest BCUT2D eigenvalue weighted by atomic mass is 9.42. The van der Waals surface area contributed by atoms with E-state index in [0.717, 1.165) is 25.7 Å². The molecule has 4 fully saturated rings. The summed E-state index contributed by atoms with van der Waals surface area (Å²) >= 11 is 0. The van der Waals surface area contributed by atoms with Crippen LogP contribution >= 0.6 is 0 Å². The third-order valence-corrected chi connectivity index (χ3v) is 5.20. The molecule has 4 saturated carbocycles. The van der Waals surface area contributed by atoms with E-state index in [2.05, 4.69) is 20.4 Å². The van der Waals surface area contributed by atoms with Gasteiger partial charge in [0.2, 0.25) is 0 Å². The minimum absolute atomic E-state index is 0.224. The summed E-state index contributed by atoms with van der Waals surface area (Å²) in [6.07, 6.45) is 5.73. The van der Waals surface area contributed by atoms with Crippen LogP contribution in [0.25, 0.3) is 0 Å². The minimum Gasteiger partial charge on any atom is -0.456 e. The van der Waals surface area contributed by atoms with Crippen molar-refractivity contribution >= 4 is 5.97 Å². The second-order valence-electron chi connectivity index (χ2n) is 7.49. The van der Waals surface area contributed by atoms with Gasteiger partial charge in [-0.1, -0.05) is 20.4 Å². The Morgan fingerprint density at radius 3 is 2.28 bits per heavy atom. The highest BCUT2D eigenvalue weighted by atomic mass is 16.6. The zero-order valence-electron chi connectivity index (χ0n) is 11.2. The lowest BCUT2D eigenvalue weighted by Crippen LogP contribution is -2.67. The van der Waals surface area contributed by atoms with Gasteiger partial charge in [0.25, 0.3) is 0 Å². The number of hydrogen-bond donors (Lipinski definition) is 1. The summed E-state index contributed by atoms with van der Waals surface area (Å²) in [5.74, 6) is -0.0960. The summed E-state index contributed by atoms with van der Waals surface area (Å²) in [6, 6.07) is 0. The van der Waals surface area contributed by atoms with Crippen molar-refractivity contribution in [2.45, 2.75) is 57.7 Å². The van der Waals surface area contributed by atoms with E-state index in [9.17, 15) is 9.90 Å². The molecule has 3 nitrogen and oxygen atoms in total. The van der Waals surface area contributed by atoms with E-state index in [1.54, 1.807) is 0 Å². The van der Waals surface area contributed by atoms with Crippen LogP contribution in [0.1, 0.15) is 46.0 Å². The molecule has 0 aromatic carbocycles. The molecule has 4 aliphatic carbocycles. The van der Waals surface area contributed by atoms with E-state index in [1.807, 2.05) is 0 Å². The zero-order chi connectivity index (χ0) is 13.2. The van der Waals surface area contributed by atoms with Crippen LogP contribution in [0.5, 0.6) is 0 Å². The van der Waals surface area contributed by atoms with Crippen molar-refractivity contribution in [2.24, 2.45) is 16.7 Å². The van der Waals surface area contributed by atoms with Gasteiger partial charge >= 0.3 is 5.97 Å². The van der Waals surface area contributed by atoms with Gasteiger partial charge in [-0.25, -0.2) is 4.79 Å². The molecule has 0 radical (unpaired) electrons. The first kappa shape index (κ1) is 12.2. The highest BCUT2D eigenvalue weighted by Gasteiger charge is 2.65. The maximum Gasteiger partial charge on any atom is 0.330 e. The molecule has 0 amide bonds. The van der Waals surface area contributed by atoms with E-state index in [4.69, 9.17) is 4.74 Å². The summed E-state index contributed by atoms with van der Waals surface area (Å²) in [7, 11) is 0. The Hall–Kier alpha value is -0.830. The van der Waals surface area contributed by atoms with Crippen LogP contribution in [0.3, 0.4) is 0 Å². The summed E-state index contributed by atoms with van der Waals surface area (Å²) in [4.78, 5) is 11.5. The monoisotopic (exact) mass is 250 g/mol. The molecule has 0 saturated heterocycles. The van der Waals surface area contributed by atoms with E-state index >= 15 is 0 Å². The number of rotatable bonds is 2. The summed E-state index contributed by atoms with van der Waals surface area (Å²) in [6.45, 7) is 7.98. The largest absolute Gasteiger partial charge is 0.456 e. The number of carbonyl (C=O) groups is 1. The van der Waals surface area contributed by atoms with E-state index in [-0.39, 0.29) is 16.9 Å². The molecule has 0 spiro atoms. The fraction of sp³-hybridized carbons (Fsp3) is 0.800. The summed E-state index contributed by atoms with van der Waals surface area (Å²) < 4.78 is 5.46. The van der Waals surface area contributed by atoms with Crippen molar-refractivity contribution < 1.29 is 14.6 Å². The highest BCUT2D eigenvalue weighted by molar-refractivity contribution is 5.81. The van der Waals surface area contributed by atoms with Crippen LogP contribution in [0.4, 0.5) is 0 Å². The van der Waals surface area contributed by atoms with E-state index in [0.29, 0.717) is 5.92 Å². The standard InChI is InChI=1S/C15H22O3/c1-4-11(16)18-12-10-5-13(2)7-14(3,6-10)9-15(12,17)8-13/h4,10,12,17H,1,5-9H2,2-3H3. The average Bonchev–Trinajstić information content (AvgIpc) is 2.18. The Balaban J connectivity index is 1.92. The number of carbonyl (C=O) groups excluding carboxylic acids is 1. The zero-order valence-corrected chi connectivity index (χ0v) is 11.2. The lowest BCUT2D eigenvalue weighted by Gasteiger charge is -2.65. The van der Waals surface area contributed by atoms with Crippen LogP contribution in [-0.2, 0) is 9.53 Å². The van der Waals surface area contributed by atoms with Crippen molar-refractivity contribution in [2.75, 3.05) is 0 Å². The minimum atomic E-state index is -0.818. The van der Waals surface area contributed by atoms with Gasteiger partial charge in [-0.15, -0.1) is 0 Å². The van der Waals surface area contributed by atoms with Gasteiger partial charge in [-0.2, -0.15) is 0 Å². The fourth-order valence-electron chi connectivity index (χ4n) is 5.56. The highest BCUT2D eigenvalue weighted by Crippen LogP contribution is 2.66. The Bertz CT molecular complexity index is 396. The normalized spacial score (nSPS) is 53.3. The number of hydrogen-bond acceptors (Lipinski definition) is 3. The first-order valence-electron chi connectivity index (χ1n) is 6.83. The van der Waals surface area contributed by atoms with Crippen LogP contribution in [0, 0.1) is 16.7 Å². The topological polar surface area (TPSA) is 46.5 Å². The molecular weight excluding hydrogens is 228 g/mol. The molecule has 0 aromatic heterocycles. The van der Waals surface area contributed by atoms with Crippen LogP contribution in [0.15, 0.2) is 12.7 Å². The Kier molecular flexibility index (Phi) is 2.30. The molecule has 4 rings (SSSR count). The lowest BCUT2D eigenvalue weighted by molar-refractivity contribution is -0.257. The Labute approximate surface area is 108 Å². The van der Waals surface area contributed by atoms with Crippen molar-refractivity contribution in [3.63, 3.8) is 0 Å². The van der Waals surface area contributed by atoms with Crippen LogP contribution < -0.4 is 0 Å². The molecule has 0 aliphatic heterocycles. The molecule has 0 heterocycles. The quantitative estimate of drug-likeness (QED) is 0.605. The van der Waals surface area contributed by atoms with Gasteiger partial charge in [-0.3, -0.25) is 0 Å². The molecule has 100 valence electrons. The predicted octanol–water partition coefficient (Wildman–Crippen LogP) is 2.44. The van der Waals surface area contributed by atoms with Gasteiger partial charge in [0.05, 0.1) is 0 Å². The predicted molar refractivity (Wildman–Crippen MR) is 67.8 cm³/mol. The molecule has 3 atom stereocenters. The number of esters is 1. The number of ether oxygens (including phenoxy) is 1. The van der Waals surface area contributed by atoms with E-state index < -0.39 is 11.6 Å². The molecule has 18 heavy (non-hydrogen) atoms. The summed E-state index contributed by atoms with van der Waals surface area (Å²) in [5.41, 5.74) is -0.370. The Morgan fingerprint density at radius 1 is 1.28 bits per heavy atom. The Morgan fingerprint density at radius 2 is 1.83 bits per heavy atom. The van der Waals surface area contributed by atoms with Gasteiger partial charge in [0, 0.05) is 6.08 Å². The first-order valence-corrected chi connectivity index (χ1v) is 6.83. The molecule has 4 aliphatic rings.